The Morgan fingerprint density at radius 1 is 1.56 bits per heavy atom. The zero-order valence-electron chi connectivity index (χ0n) is 8.79. The predicted octanol–water partition coefficient (Wildman–Crippen LogP) is 0.936. The van der Waals surface area contributed by atoms with Gasteiger partial charge in [-0.2, -0.15) is 0 Å². The Bertz CT molecular complexity index is 404. The molecule has 1 aliphatic rings. The monoisotopic (exact) mass is 240 g/mol. The highest BCUT2D eigenvalue weighted by Crippen LogP contribution is 2.24. The summed E-state index contributed by atoms with van der Waals surface area (Å²) < 4.78 is 0. The van der Waals surface area contributed by atoms with E-state index in [2.05, 4.69) is 4.98 Å². The minimum atomic E-state index is -0.832. The topological polar surface area (TPSA) is 70.5 Å². The van der Waals surface area contributed by atoms with E-state index in [1.165, 1.54) is 11.3 Å². The van der Waals surface area contributed by atoms with Crippen molar-refractivity contribution in [3.63, 3.8) is 0 Å². The number of aliphatic carboxylic acids is 1. The molecule has 0 aromatic carbocycles. The Morgan fingerprint density at radius 3 is 2.81 bits per heavy atom. The molecule has 1 N–H and O–H groups in total. The largest absolute Gasteiger partial charge is 0.481 e. The predicted molar refractivity (Wildman–Crippen MR) is 58.3 cm³/mol. The summed E-state index contributed by atoms with van der Waals surface area (Å²) in [5, 5.41) is 10.6. The second-order valence-electron chi connectivity index (χ2n) is 4.01. The summed E-state index contributed by atoms with van der Waals surface area (Å²) in [5.74, 6) is -1.46. The van der Waals surface area contributed by atoms with Gasteiger partial charge in [-0.15, -0.1) is 11.3 Å². The van der Waals surface area contributed by atoms with Crippen molar-refractivity contribution in [2.24, 2.45) is 11.8 Å². The molecule has 0 saturated carbocycles. The SMILES string of the molecule is C[C@@H]1CN(C(=O)c2cscn2)C[C@H]1C(=O)O. The summed E-state index contributed by atoms with van der Waals surface area (Å²) in [6.45, 7) is 2.63. The maximum absolute atomic E-state index is 11.9. The van der Waals surface area contributed by atoms with Crippen LogP contribution in [0.4, 0.5) is 0 Å². The Balaban J connectivity index is 2.09. The number of rotatable bonds is 2. The first-order valence-electron chi connectivity index (χ1n) is 5.00. The maximum atomic E-state index is 11.9. The third-order valence-corrected chi connectivity index (χ3v) is 3.45. The van der Waals surface area contributed by atoms with Crippen molar-refractivity contribution >= 4 is 23.2 Å². The summed E-state index contributed by atoms with van der Waals surface area (Å²) in [7, 11) is 0. The molecule has 1 aromatic rings. The van der Waals surface area contributed by atoms with Crippen LogP contribution in [0.5, 0.6) is 0 Å². The van der Waals surface area contributed by atoms with E-state index in [9.17, 15) is 9.59 Å². The van der Waals surface area contributed by atoms with Gasteiger partial charge in [0.1, 0.15) is 5.69 Å². The van der Waals surface area contributed by atoms with Gasteiger partial charge >= 0.3 is 5.97 Å². The van der Waals surface area contributed by atoms with Crippen molar-refractivity contribution in [3.8, 4) is 0 Å². The van der Waals surface area contributed by atoms with Crippen molar-refractivity contribution in [1.29, 1.82) is 0 Å². The fourth-order valence-electron chi connectivity index (χ4n) is 1.93. The molecule has 0 radical (unpaired) electrons. The molecule has 1 fully saturated rings. The van der Waals surface area contributed by atoms with Crippen LogP contribution in [0.1, 0.15) is 17.4 Å². The molecule has 5 nitrogen and oxygen atoms in total. The Kier molecular flexibility index (Phi) is 2.91. The molecular weight excluding hydrogens is 228 g/mol. The molecule has 0 aliphatic carbocycles. The third-order valence-electron chi connectivity index (χ3n) is 2.87. The molecule has 0 unspecified atom stereocenters. The summed E-state index contributed by atoms with van der Waals surface area (Å²) in [4.78, 5) is 28.3. The van der Waals surface area contributed by atoms with E-state index < -0.39 is 11.9 Å². The van der Waals surface area contributed by atoms with Crippen LogP contribution in [-0.4, -0.2) is 40.0 Å². The quantitative estimate of drug-likeness (QED) is 0.835. The van der Waals surface area contributed by atoms with Crippen LogP contribution >= 0.6 is 11.3 Å². The molecule has 1 aromatic heterocycles. The lowest BCUT2D eigenvalue weighted by molar-refractivity contribution is -0.142. The molecule has 1 saturated heterocycles. The smallest absolute Gasteiger partial charge is 0.308 e. The summed E-state index contributed by atoms with van der Waals surface area (Å²) in [5.41, 5.74) is 2.00. The zero-order chi connectivity index (χ0) is 11.7. The second-order valence-corrected chi connectivity index (χ2v) is 4.72. The minimum absolute atomic E-state index is 0.0000794. The zero-order valence-corrected chi connectivity index (χ0v) is 9.61. The third kappa shape index (κ3) is 1.92. The van der Waals surface area contributed by atoms with Crippen LogP contribution in [0.2, 0.25) is 0 Å². The van der Waals surface area contributed by atoms with Crippen LogP contribution in [-0.2, 0) is 4.79 Å². The molecule has 2 heterocycles. The van der Waals surface area contributed by atoms with E-state index >= 15 is 0 Å². The van der Waals surface area contributed by atoms with Crippen LogP contribution in [0.3, 0.4) is 0 Å². The number of likely N-dealkylation sites (tertiary alicyclic amines) is 1. The lowest BCUT2D eigenvalue weighted by Crippen LogP contribution is -2.30. The highest BCUT2D eigenvalue weighted by Gasteiger charge is 2.37. The van der Waals surface area contributed by atoms with E-state index in [1.54, 1.807) is 15.8 Å². The van der Waals surface area contributed by atoms with Gasteiger partial charge < -0.3 is 10.0 Å². The maximum Gasteiger partial charge on any atom is 0.308 e. The van der Waals surface area contributed by atoms with E-state index in [1.807, 2.05) is 6.92 Å². The van der Waals surface area contributed by atoms with Crippen LogP contribution in [0.25, 0.3) is 0 Å². The van der Waals surface area contributed by atoms with Gasteiger partial charge in [0.15, 0.2) is 0 Å². The molecule has 16 heavy (non-hydrogen) atoms. The van der Waals surface area contributed by atoms with E-state index in [0.717, 1.165) is 0 Å². The van der Waals surface area contributed by atoms with Gasteiger partial charge in [-0.05, 0) is 5.92 Å². The molecule has 0 spiro atoms. The number of carboxylic acids is 1. The van der Waals surface area contributed by atoms with Gasteiger partial charge in [0.25, 0.3) is 5.91 Å². The number of carbonyl (C=O) groups is 2. The highest BCUT2D eigenvalue weighted by atomic mass is 32.1. The van der Waals surface area contributed by atoms with Crippen molar-refractivity contribution in [1.82, 2.24) is 9.88 Å². The molecular formula is C10H12N2O3S. The first-order valence-corrected chi connectivity index (χ1v) is 5.94. The Hall–Kier alpha value is -1.43. The summed E-state index contributed by atoms with van der Waals surface area (Å²) in [6.07, 6.45) is 0. The standard InChI is InChI=1S/C10H12N2O3S/c1-6-2-12(3-7(6)10(14)15)9(13)8-4-16-5-11-8/h4-7H,2-3H2,1H3,(H,14,15)/t6-,7-/m1/s1. The second kappa shape index (κ2) is 4.21. The van der Waals surface area contributed by atoms with Gasteiger partial charge in [0, 0.05) is 18.5 Å². The highest BCUT2D eigenvalue weighted by molar-refractivity contribution is 7.07. The number of nitrogens with zero attached hydrogens (tertiary/aromatic N) is 2. The van der Waals surface area contributed by atoms with Gasteiger partial charge in [-0.1, -0.05) is 6.92 Å². The average molecular weight is 240 g/mol. The molecule has 86 valence electrons. The number of hydrogen-bond acceptors (Lipinski definition) is 4. The fraction of sp³-hybridized carbons (Fsp3) is 0.500. The van der Waals surface area contributed by atoms with Gasteiger partial charge in [0.05, 0.1) is 11.4 Å². The van der Waals surface area contributed by atoms with Crippen LogP contribution < -0.4 is 0 Å². The normalized spacial score (nSPS) is 24.7. The molecule has 2 atom stereocenters. The molecule has 1 amide bonds. The average Bonchev–Trinajstić information content (AvgIpc) is 2.84. The minimum Gasteiger partial charge on any atom is -0.481 e. The van der Waals surface area contributed by atoms with E-state index in [-0.39, 0.29) is 18.4 Å². The number of aromatic nitrogens is 1. The van der Waals surface area contributed by atoms with Crippen molar-refractivity contribution in [2.75, 3.05) is 13.1 Å². The fourth-order valence-corrected chi connectivity index (χ4v) is 2.46. The van der Waals surface area contributed by atoms with Crippen LogP contribution in [0.15, 0.2) is 10.9 Å². The number of amides is 1. The van der Waals surface area contributed by atoms with E-state index in [0.29, 0.717) is 12.2 Å². The lowest BCUT2D eigenvalue weighted by Gasteiger charge is -2.13. The molecule has 1 aliphatic heterocycles. The van der Waals surface area contributed by atoms with Crippen molar-refractivity contribution in [3.05, 3.63) is 16.6 Å². The van der Waals surface area contributed by atoms with Crippen molar-refractivity contribution < 1.29 is 14.7 Å². The molecule has 6 heteroatoms. The Labute approximate surface area is 96.7 Å². The summed E-state index contributed by atoms with van der Waals surface area (Å²) in [6, 6.07) is 0. The number of carbonyl (C=O) groups excluding carboxylic acids is 1. The molecule has 2 rings (SSSR count). The number of thiazole rings is 1. The van der Waals surface area contributed by atoms with Gasteiger partial charge in [-0.3, -0.25) is 9.59 Å². The van der Waals surface area contributed by atoms with Gasteiger partial charge in [0.2, 0.25) is 0 Å². The van der Waals surface area contributed by atoms with E-state index in [4.69, 9.17) is 5.11 Å². The first kappa shape index (κ1) is 11.1. The summed E-state index contributed by atoms with van der Waals surface area (Å²) >= 11 is 1.36. The first-order chi connectivity index (χ1) is 7.59. The van der Waals surface area contributed by atoms with Gasteiger partial charge in [-0.25, -0.2) is 4.98 Å². The van der Waals surface area contributed by atoms with Crippen LogP contribution in [0, 0.1) is 11.8 Å². The van der Waals surface area contributed by atoms with Crippen molar-refractivity contribution in [2.45, 2.75) is 6.92 Å². The molecule has 0 bridgehead atoms. The Morgan fingerprint density at radius 2 is 2.31 bits per heavy atom. The number of carboxylic acid groups (broad SMARTS) is 1. The lowest BCUT2D eigenvalue weighted by atomic mass is 9.99. The number of hydrogen-bond donors (Lipinski definition) is 1.